The topological polar surface area (TPSA) is 68.9 Å². The normalized spacial score (nSPS) is 14.5. The van der Waals surface area contributed by atoms with Crippen LogP contribution in [0.15, 0.2) is 21.4 Å². The maximum atomic E-state index is 10.7. The van der Waals surface area contributed by atoms with Gasteiger partial charge in [0.1, 0.15) is 5.01 Å². The lowest BCUT2D eigenvalue weighted by Crippen LogP contribution is -1.89. The summed E-state index contributed by atoms with van der Waals surface area (Å²) in [6.07, 6.45) is 2.33. The van der Waals surface area contributed by atoms with Crippen molar-refractivity contribution in [3.05, 3.63) is 37.3 Å². The molecule has 0 saturated heterocycles. The van der Waals surface area contributed by atoms with Gasteiger partial charge in [0.2, 0.25) is 0 Å². The standard InChI is InChI=1S/C11H7Cl2N3O2S2/c12-7-3-6(16(17)18)4-8(13)9(7)19-11-15-14-10(20-11)5-1-2-5/h3-5H,1-2H2. The van der Waals surface area contributed by atoms with E-state index in [0.29, 0.717) is 10.8 Å². The summed E-state index contributed by atoms with van der Waals surface area (Å²) >= 11 is 14.9. The van der Waals surface area contributed by atoms with E-state index < -0.39 is 4.92 Å². The summed E-state index contributed by atoms with van der Waals surface area (Å²) in [5.41, 5.74) is -0.125. The number of non-ortho nitro benzene ring substituents is 1. The minimum Gasteiger partial charge on any atom is -0.258 e. The number of aromatic nitrogens is 2. The van der Waals surface area contributed by atoms with Crippen LogP contribution >= 0.6 is 46.3 Å². The minimum absolute atomic E-state index is 0.125. The number of nitrogens with zero attached hydrogens (tertiary/aromatic N) is 3. The highest BCUT2D eigenvalue weighted by Crippen LogP contribution is 2.46. The van der Waals surface area contributed by atoms with Gasteiger partial charge in [-0.15, -0.1) is 10.2 Å². The second-order valence-corrected chi connectivity index (χ2v) is 7.36. The van der Waals surface area contributed by atoms with E-state index >= 15 is 0 Å². The fraction of sp³-hybridized carbons (Fsp3) is 0.273. The molecule has 1 saturated carbocycles. The number of nitro benzene ring substituents is 1. The predicted molar refractivity (Wildman–Crippen MR) is 79.1 cm³/mol. The van der Waals surface area contributed by atoms with Gasteiger partial charge in [-0.25, -0.2) is 0 Å². The molecule has 3 rings (SSSR count). The maximum absolute atomic E-state index is 10.7. The molecule has 1 heterocycles. The van der Waals surface area contributed by atoms with E-state index in [1.807, 2.05) is 0 Å². The molecule has 0 N–H and O–H groups in total. The van der Waals surface area contributed by atoms with Crippen LogP contribution in [0.3, 0.4) is 0 Å². The van der Waals surface area contributed by atoms with Gasteiger partial charge in [0.05, 0.1) is 19.9 Å². The van der Waals surface area contributed by atoms with Gasteiger partial charge in [-0.2, -0.15) is 0 Å². The van der Waals surface area contributed by atoms with Crippen LogP contribution in [0, 0.1) is 10.1 Å². The van der Waals surface area contributed by atoms with E-state index in [-0.39, 0.29) is 15.7 Å². The van der Waals surface area contributed by atoms with Gasteiger partial charge in [-0.1, -0.05) is 46.3 Å². The molecule has 1 fully saturated rings. The molecule has 9 heteroatoms. The molecule has 1 aromatic carbocycles. The maximum Gasteiger partial charge on any atom is 0.272 e. The molecule has 5 nitrogen and oxygen atoms in total. The molecule has 1 aromatic heterocycles. The first kappa shape index (κ1) is 14.1. The lowest BCUT2D eigenvalue weighted by atomic mass is 10.3. The Labute approximate surface area is 132 Å². The molecule has 0 spiro atoms. The quantitative estimate of drug-likeness (QED) is 0.587. The third kappa shape index (κ3) is 2.90. The number of hydrogen-bond donors (Lipinski definition) is 0. The van der Waals surface area contributed by atoms with Gasteiger partial charge in [0.25, 0.3) is 5.69 Å². The third-order valence-corrected chi connectivity index (χ3v) is 5.83. The second-order valence-electron chi connectivity index (χ2n) is 4.28. The van der Waals surface area contributed by atoms with Crippen LogP contribution in [0.1, 0.15) is 23.8 Å². The first-order valence-corrected chi connectivity index (χ1v) is 8.08. The van der Waals surface area contributed by atoms with Crippen molar-refractivity contribution < 1.29 is 4.92 Å². The largest absolute Gasteiger partial charge is 0.272 e. The number of halogens is 2. The van der Waals surface area contributed by atoms with Gasteiger partial charge in [0.15, 0.2) is 4.34 Å². The van der Waals surface area contributed by atoms with Crippen molar-refractivity contribution in [1.82, 2.24) is 10.2 Å². The lowest BCUT2D eigenvalue weighted by Gasteiger charge is -2.03. The highest BCUT2D eigenvalue weighted by molar-refractivity contribution is 8.01. The van der Waals surface area contributed by atoms with E-state index in [1.165, 1.54) is 48.1 Å². The summed E-state index contributed by atoms with van der Waals surface area (Å²) in [6.45, 7) is 0. The molecule has 0 aliphatic heterocycles. The van der Waals surface area contributed by atoms with Crippen LogP contribution < -0.4 is 0 Å². The van der Waals surface area contributed by atoms with Crippen LogP contribution in [0.4, 0.5) is 5.69 Å². The fourth-order valence-electron chi connectivity index (χ4n) is 1.59. The lowest BCUT2D eigenvalue weighted by molar-refractivity contribution is -0.384. The summed E-state index contributed by atoms with van der Waals surface area (Å²) in [7, 11) is 0. The Hall–Kier alpha value is -0.890. The average Bonchev–Trinajstić information content (AvgIpc) is 3.14. The van der Waals surface area contributed by atoms with E-state index in [0.717, 1.165) is 9.35 Å². The van der Waals surface area contributed by atoms with Gasteiger partial charge < -0.3 is 0 Å². The Balaban J connectivity index is 1.87. The van der Waals surface area contributed by atoms with E-state index in [1.54, 1.807) is 0 Å². The Morgan fingerprint density at radius 1 is 1.30 bits per heavy atom. The fourth-order valence-corrected chi connectivity index (χ4v) is 4.29. The number of benzene rings is 1. The summed E-state index contributed by atoms with van der Waals surface area (Å²) in [5.74, 6) is 0.546. The summed E-state index contributed by atoms with van der Waals surface area (Å²) in [6, 6.07) is 2.58. The van der Waals surface area contributed by atoms with Crippen molar-refractivity contribution in [2.75, 3.05) is 0 Å². The summed E-state index contributed by atoms with van der Waals surface area (Å²) < 4.78 is 0.740. The van der Waals surface area contributed by atoms with Crippen LogP contribution in [0.2, 0.25) is 10.0 Å². The van der Waals surface area contributed by atoms with E-state index in [2.05, 4.69) is 10.2 Å². The molecule has 20 heavy (non-hydrogen) atoms. The average molecular weight is 348 g/mol. The molecular formula is C11H7Cl2N3O2S2. The van der Waals surface area contributed by atoms with Crippen molar-refractivity contribution in [3.8, 4) is 0 Å². The molecule has 2 aromatic rings. The summed E-state index contributed by atoms with van der Waals surface area (Å²) in [5, 5.41) is 20.5. The number of hydrogen-bond acceptors (Lipinski definition) is 6. The van der Waals surface area contributed by atoms with E-state index in [9.17, 15) is 10.1 Å². The molecule has 0 atom stereocenters. The van der Waals surface area contributed by atoms with Crippen molar-refractivity contribution >= 4 is 52.0 Å². The first-order chi connectivity index (χ1) is 9.54. The van der Waals surface area contributed by atoms with Gasteiger partial charge >= 0.3 is 0 Å². The third-order valence-electron chi connectivity index (χ3n) is 2.73. The first-order valence-electron chi connectivity index (χ1n) is 5.69. The van der Waals surface area contributed by atoms with Crippen LogP contribution in [-0.2, 0) is 0 Å². The zero-order valence-electron chi connectivity index (χ0n) is 9.88. The number of rotatable bonds is 4. The molecule has 0 unspecified atom stereocenters. The highest BCUT2D eigenvalue weighted by atomic mass is 35.5. The van der Waals surface area contributed by atoms with Crippen LogP contribution in [0.5, 0.6) is 0 Å². The van der Waals surface area contributed by atoms with Crippen LogP contribution in [0.25, 0.3) is 0 Å². The molecule has 0 amide bonds. The number of nitro groups is 1. The highest BCUT2D eigenvalue weighted by Gasteiger charge is 2.28. The molecule has 1 aliphatic carbocycles. The second kappa shape index (κ2) is 5.48. The molecule has 0 bridgehead atoms. The monoisotopic (exact) mass is 347 g/mol. The zero-order chi connectivity index (χ0) is 14.3. The molecule has 104 valence electrons. The Bertz CT molecular complexity index is 665. The summed E-state index contributed by atoms with van der Waals surface area (Å²) in [4.78, 5) is 10.8. The van der Waals surface area contributed by atoms with Crippen molar-refractivity contribution in [2.45, 2.75) is 28.0 Å². The van der Waals surface area contributed by atoms with Gasteiger partial charge in [0, 0.05) is 18.1 Å². The Kier molecular flexibility index (Phi) is 3.85. The Morgan fingerprint density at radius 2 is 1.95 bits per heavy atom. The predicted octanol–water partition coefficient (Wildman–Crippen LogP) is 4.78. The Morgan fingerprint density at radius 3 is 2.50 bits per heavy atom. The van der Waals surface area contributed by atoms with Gasteiger partial charge in [-0.3, -0.25) is 10.1 Å². The molecule has 0 radical (unpaired) electrons. The van der Waals surface area contributed by atoms with Crippen LogP contribution in [-0.4, -0.2) is 15.1 Å². The van der Waals surface area contributed by atoms with E-state index in [4.69, 9.17) is 23.2 Å². The minimum atomic E-state index is -0.525. The van der Waals surface area contributed by atoms with Crippen molar-refractivity contribution in [2.24, 2.45) is 0 Å². The van der Waals surface area contributed by atoms with Gasteiger partial charge in [-0.05, 0) is 12.8 Å². The molecular weight excluding hydrogens is 341 g/mol. The smallest absolute Gasteiger partial charge is 0.258 e. The van der Waals surface area contributed by atoms with Crippen molar-refractivity contribution in [3.63, 3.8) is 0 Å². The van der Waals surface area contributed by atoms with Crippen molar-refractivity contribution in [1.29, 1.82) is 0 Å². The SMILES string of the molecule is O=[N+]([O-])c1cc(Cl)c(Sc2nnc(C3CC3)s2)c(Cl)c1. The zero-order valence-corrected chi connectivity index (χ0v) is 13.0. The molecule has 1 aliphatic rings.